The Labute approximate surface area is 126 Å². The van der Waals surface area contributed by atoms with Crippen molar-refractivity contribution in [3.8, 4) is 0 Å². The Hall–Kier alpha value is -1.85. The van der Waals surface area contributed by atoms with E-state index >= 15 is 0 Å². The molecule has 1 heterocycles. The summed E-state index contributed by atoms with van der Waals surface area (Å²) in [7, 11) is 0. The van der Waals surface area contributed by atoms with E-state index < -0.39 is 17.3 Å². The van der Waals surface area contributed by atoms with Crippen molar-refractivity contribution in [3.63, 3.8) is 0 Å². The molecule has 1 aliphatic heterocycles. The van der Waals surface area contributed by atoms with E-state index in [2.05, 4.69) is 12.4 Å². The van der Waals surface area contributed by atoms with E-state index in [1.54, 1.807) is 6.07 Å². The number of rotatable bonds is 2. The number of nitrogens with one attached hydrogen (secondary N) is 1. The summed E-state index contributed by atoms with van der Waals surface area (Å²) in [6, 6.07) is 12.4. The second-order valence-corrected chi connectivity index (χ2v) is 5.41. The van der Waals surface area contributed by atoms with Gasteiger partial charge in [-0.2, -0.15) is 18.7 Å². The third-order valence-electron chi connectivity index (χ3n) is 4.04. The molecule has 0 amide bonds. The smallest absolute Gasteiger partial charge is 0.283 e. The minimum absolute atomic E-state index is 0.168. The van der Waals surface area contributed by atoms with Crippen LogP contribution in [-0.4, -0.2) is 6.04 Å². The number of hydroxylamine groups is 1. The highest BCUT2D eigenvalue weighted by molar-refractivity contribution is 5.46. The Morgan fingerprint density at radius 3 is 2.41 bits per heavy atom. The monoisotopic (exact) mass is 306 g/mol. The van der Waals surface area contributed by atoms with Crippen molar-refractivity contribution < 1.29 is 18.0 Å². The average Bonchev–Trinajstić information content (AvgIpc) is 2.48. The van der Waals surface area contributed by atoms with Gasteiger partial charge in [0.05, 0.1) is 11.6 Å². The van der Waals surface area contributed by atoms with Crippen LogP contribution < -0.4 is 5.48 Å². The standard InChI is InChI=1S/C17H15F3NO/c1-11-6-3-4-9-15(11)16(12(2)21-22-16)13-7-5-8-14(10-13)17(18,19)20/h3-10,12,21H,1H2,2H3. The molecule has 2 aromatic carbocycles. The van der Waals surface area contributed by atoms with Gasteiger partial charge in [-0.3, -0.25) is 4.84 Å². The molecule has 2 aromatic rings. The summed E-state index contributed by atoms with van der Waals surface area (Å²) in [6.07, 6.45) is -4.39. The molecule has 3 rings (SSSR count). The van der Waals surface area contributed by atoms with E-state index in [4.69, 9.17) is 4.84 Å². The number of halogens is 3. The van der Waals surface area contributed by atoms with Crippen molar-refractivity contribution in [3.05, 3.63) is 77.7 Å². The van der Waals surface area contributed by atoms with Gasteiger partial charge in [0.2, 0.25) is 0 Å². The maximum atomic E-state index is 13.0. The first-order valence-corrected chi connectivity index (χ1v) is 6.88. The molecule has 22 heavy (non-hydrogen) atoms. The molecule has 0 saturated carbocycles. The quantitative estimate of drug-likeness (QED) is 0.903. The fourth-order valence-electron chi connectivity index (χ4n) is 2.86. The van der Waals surface area contributed by atoms with Gasteiger partial charge in [0.15, 0.2) is 5.60 Å². The largest absolute Gasteiger partial charge is 0.416 e. The third kappa shape index (κ3) is 2.21. The van der Waals surface area contributed by atoms with Crippen LogP contribution in [0.3, 0.4) is 0 Å². The van der Waals surface area contributed by atoms with Crippen LogP contribution in [0.15, 0.2) is 48.5 Å². The van der Waals surface area contributed by atoms with Gasteiger partial charge < -0.3 is 0 Å². The molecule has 1 fully saturated rings. The van der Waals surface area contributed by atoms with E-state index in [1.165, 1.54) is 6.07 Å². The van der Waals surface area contributed by atoms with Gasteiger partial charge in [-0.1, -0.05) is 36.4 Å². The van der Waals surface area contributed by atoms with Gasteiger partial charge in [-0.25, -0.2) is 0 Å². The van der Waals surface area contributed by atoms with Crippen molar-refractivity contribution in [2.45, 2.75) is 24.7 Å². The predicted octanol–water partition coefficient (Wildman–Crippen LogP) is 4.05. The summed E-state index contributed by atoms with van der Waals surface area (Å²) in [6.45, 7) is 5.84. The minimum Gasteiger partial charge on any atom is -0.283 e. The van der Waals surface area contributed by atoms with E-state index in [0.29, 0.717) is 5.56 Å². The van der Waals surface area contributed by atoms with Gasteiger partial charge in [-0.15, -0.1) is 0 Å². The lowest BCUT2D eigenvalue weighted by atomic mass is 9.77. The Balaban J connectivity index is 2.16. The second-order valence-electron chi connectivity index (χ2n) is 5.41. The zero-order valence-electron chi connectivity index (χ0n) is 11.9. The summed E-state index contributed by atoms with van der Waals surface area (Å²) in [5.41, 5.74) is 3.08. The van der Waals surface area contributed by atoms with E-state index in [9.17, 15) is 13.2 Å². The molecule has 0 aromatic heterocycles. The van der Waals surface area contributed by atoms with Crippen molar-refractivity contribution in [2.24, 2.45) is 0 Å². The van der Waals surface area contributed by atoms with Gasteiger partial charge in [0, 0.05) is 0 Å². The molecule has 2 nitrogen and oxygen atoms in total. The SMILES string of the molecule is [CH2]c1ccccc1C1(c2cccc(C(F)(F)F)c2)ONC1C. The van der Waals surface area contributed by atoms with Crippen LogP contribution >= 0.6 is 0 Å². The Bertz CT molecular complexity index is 698. The molecule has 2 unspecified atom stereocenters. The normalized spacial score (nSPS) is 24.9. The zero-order chi connectivity index (χ0) is 16.0. The van der Waals surface area contributed by atoms with Crippen LogP contribution in [0, 0.1) is 6.92 Å². The molecule has 2 atom stereocenters. The lowest BCUT2D eigenvalue weighted by molar-refractivity contribution is -0.225. The van der Waals surface area contributed by atoms with Crippen molar-refractivity contribution in [1.29, 1.82) is 0 Å². The van der Waals surface area contributed by atoms with Crippen molar-refractivity contribution in [1.82, 2.24) is 5.48 Å². The zero-order valence-corrected chi connectivity index (χ0v) is 11.9. The molecular weight excluding hydrogens is 291 g/mol. The van der Waals surface area contributed by atoms with Crippen LogP contribution in [-0.2, 0) is 16.6 Å². The molecule has 0 aliphatic carbocycles. The predicted molar refractivity (Wildman–Crippen MR) is 76.8 cm³/mol. The number of hydrogen-bond donors (Lipinski definition) is 1. The summed E-state index contributed by atoms with van der Waals surface area (Å²) >= 11 is 0. The first kappa shape index (κ1) is 15.1. The summed E-state index contributed by atoms with van der Waals surface area (Å²) in [5.74, 6) is 0. The van der Waals surface area contributed by atoms with Crippen LogP contribution in [0.2, 0.25) is 0 Å². The molecular formula is C17H15F3NO. The highest BCUT2D eigenvalue weighted by Gasteiger charge is 2.50. The van der Waals surface area contributed by atoms with E-state index in [0.717, 1.165) is 23.3 Å². The molecule has 1 aliphatic rings. The van der Waals surface area contributed by atoms with Crippen LogP contribution in [0.1, 0.15) is 29.2 Å². The van der Waals surface area contributed by atoms with Gasteiger partial charge in [-0.05, 0) is 42.7 Å². The van der Waals surface area contributed by atoms with Crippen LogP contribution in [0.25, 0.3) is 0 Å². The van der Waals surface area contributed by atoms with E-state index in [-0.39, 0.29) is 6.04 Å². The maximum absolute atomic E-state index is 13.0. The summed E-state index contributed by atoms with van der Waals surface area (Å²) in [5, 5.41) is 0. The molecule has 1 saturated heterocycles. The Morgan fingerprint density at radius 2 is 1.86 bits per heavy atom. The molecule has 1 radical (unpaired) electrons. The topological polar surface area (TPSA) is 21.3 Å². The number of alkyl halides is 3. The molecule has 1 N–H and O–H groups in total. The van der Waals surface area contributed by atoms with Gasteiger partial charge >= 0.3 is 6.18 Å². The minimum atomic E-state index is -4.39. The second kappa shape index (κ2) is 5.11. The third-order valence-corrected chi connectivity index (χ3v) is 4.04. The number of benzene rings is 2. The van der Waals surface area contributed by atoms with Crippen molar-refractivity contribution in [2.75, 3.05) is 0 Å². The van der Waals surface area contributed by atoms with Gasteiger partial charge in [0.1, 0.15) is 0 Å². The lowest BCUT2D eigenvalue weighted by Gasteiger charge is -2.49. The molecule has 0 spiro atoms. The lowest BCUT2D eigenvalue weighted by Crippen LogP contribution is -2.62. The highest BCUT2D eigenvalue weighted by Crippen LogP contribution is 2.44. The van der Waals surface area contributed by atoms with Gasteiger partial charge in [0.25, 0.3) is 0 Å². The summed E-state index contributed by atoms with van der Waals surface area (Å²) in [4.78, 5) is 5.59. The Kier molecular flexibility index (Phi) is 3.50. The Morgan fingerprint density at radius 1 is 1.14 bits per heavy atom. The fourth-order valence-corrected chi connectivity index (χ4v) is 2.86. The van der Waals surface area contributed by atoms with Crippen LogP contribution in [0.4, 0.5) is 13.2 Å². The van der Waals surface area contributed by atoms with E-state index in [1.807, 2.05) is 31.2 Å². The van der Waals surface area contributed by atoms with Crippen LogP contribution in [0.5, 0.6) is 0 Å². The van der Waals surface area contributed by atoms with Crippen molar-refractivity contribution >= 4 is 0 Å². The molecule has 115 valence electrons. The first-order valence-electron chi connectivity index (χ1n) is 6.88. The highest BCUT2D eigenvalue weighted by atomic mass is 19.4. The first-order chi connectivity index (χ1) is 10.4. The summed E-state index contributed by atoms with van der Waals surface area (Å²) < 4.78 is 39.0. The number of hydrogen-bond acceptors (Lipinski definition) is 2. The maximum Gasteiger partial charge on any atom is 0.416 e. The fraction of sp³-hybridized carbons (Fsp3) is 0.235. The average molecular weight is 306 g/mol. The molecule has 0 bridgehead atoms. The molecule has 5 heteroatoms.